The molecule has 0 fully saturated rings. The fourth-order valence-electron chi connectivity index (χ4n) is 2.59. The van der Waals surface area contributed by atoms with Crippen molar-refractivity contribution in [3.63, 3.8) is 0 Å². The van der Waals surface area contributed by atoms with Gasteiger partial charge in [0.2, 0.25) is 15.9 Å². The molecule has 0 saturated heterocycles. The summed E-state index contributed by atoms with van der Waals surface area (Å²) >= 11 is 9.24. The molecule has 0 radical (unpaired) electrons. The van der Waals surface area contributed by atoms with Gasteiger partial charge in [-0.15, -0.1) is 0 Å². The third-order valence-corrected chi connectivity index (χ3v) is 6.73. The standard InChI is InChI=1S/C20H24BrClN2O3S/c1-2-3-4-13-23-20(25)15-24(14-16-5-7-17(21)8-6-16)28(26,27)19-11-9-18(22)10-12-19/h5-12H,2-4,13-15H2,1H3,(H,23,25). The van der Waals surface area contributed by atoms with Crippen LogP contribution in [-0.4, -0.2) is 31.7 Å². The summed E-state index contributed by atoms with van der Waals surface area (Å²) in [4.78, 5) is 12.5. The van der Waals surface area contributed by atoms with Crippen LogP contribution in [0.2, 0.25) is 5.02 Å². The molecule has 0 spiro atoms. The molecule has 0 heterocycles. The quantitative estimate of drug-likeness (QED) is 0.498. The van der Waals surface area contributed by atoms with Gasteiger partial charge in [-0.25, -0.2) is 8.42 Å². The first-order valence-corrected chi connectivity index (χ1v) is 11.7. The number of halogens is 2. The summed E-state index contributed by atoms with van der Waals surface area (Å²) in [7, 11) is -3.85. The maximum Gasteiger partial charge on any atom is 0.243 e. The van der Waals surface area contributed by atoms with Crippen LogP contribution in [0.5, 0.6) is 0 Å². The molecule has 8 heteroatoms. The SMILES string of the molecule is CCCCCNC(=O)CN(Cc1ccc(Br)cc1)S(=O)(=O)c1ccc(Cl)cc1. The minimum atomic E-state index is -3.85. The van der Waals surface area contributed by atoms with Gasteiger partial charge < -0.3 is 5.32 Å². The number of nitrogens with one attached hydrogen (secondary N) is 1. The summed E-state index contributed by atoms with van der Waals surface area (Å²) in [5.74, 6) is -0.314. The fourth-order valence-corrected chi connectivity index (χ4v) is 4.37. The lowest BCUT2D eigenvalue weighted by Gasteiger charge is -2.22. The van der Waals surface area contributed by atoms with Crippen molar-refractivity contribution in [3.05, 3.63) is 63.6 Å². The number of carbonyl (C=O) groups excluding carboxylic acids is 1. The van der Waals surface area contributed by atoms with Crippen molar-refractivity contribution < 1.29 is 13.2 Å². The minimum Gasteiger partial charge on any atom is -0.355 e. The van der Waals surface area contributed by atoms with Crippen molar-refractivity contribution in [2.75, 3.05) is 13.1 Å². The summed E-state index contributed by atoms with van der Waals surface area (Å²) < 4.78 is 28.3. The van der Waals surface area contributed by atoms with Gasteiger partial charge in [0.15, 0.2) is 0 Å². The van der Waals surface area contributed by atoms with E-state index in [9.17, 15) is 13.2 Å². The fraction of sp³-hybridized carbons (Fsp3) is 0.350. The summed E-state index contributed by atoms with van der Waals surface area (Å²) in [6, 6.07) is 13.3. The number of hydrogen-bond donors (Lipinski definition) is 1. The lowest BCUT2D eigenvalue weighted by molar-refractivity contribution is -0.121. The molecular formula is C20H24BrClN2O3S. The number of unbranched alkanes of at least 4 members (excludes halogenated alkanes) is 2. The van der Waals surface area contributed by atoms with Gasteiger partial charge in [0.05, 0.1) is 11.4 Å². The summed E-state index contributed by atoms with van der Waals surface area (Å²) in [5, 5.41) is 3.25. The molecule has 0 aliphatic heterocycles. The Balaban J connectivity index is 2.20. The third kappa shape index (κ3) is 6.88. The predicted molar refractivity (Wildman–Crippen MR) is 116 cm³/mol. The van der Waals surface area contributed by atoms with Crippen LogP contribution in [0, 0.1) is 0 Å². The Morgan fingerprint density at radius 1 is 1.07 bits per heavy atom. The molecule has 1 N–H and O–H groups in total. The Labute approximate surface area is 180 Å². The molecule has 0 unspecified atom stereocenters. The monoisotopic (exact) mass is 486 g/mol. The van der Waals surface area contributed by atoms with E-state index in [0.29, 0.717) is 11.6 Å². The van der Waals surface area contributed by atoms with E-state index in [-0.39, 0.29) is 23.9 Å². The van der Waals surface area contributed by atoms with Gasteiger partial charge in [0, 0.05) is 22.6 Å². The summed E-state index contributed by atoms with van der Waals surface area (Å²) in [6.45, 7) is 2.48. The van der Waals surface area contributed by atoms with Crippen molar-refractivity contribution in [2.24, 2.45) is 0 Å². The van der Waals surface area contributed by atoms with E-state index in [1.807, 2.05) is 24.3 Å². The average Bonchev–Trinajstić information content (AvgIpc) is 2.67. The molecule has 1 amide bonds. The Morgan fingerprint density at radius 2 is 1.71 bits per heavy atom. The molecule has 5 nitrogen and oxygen atoms in total. The van der Waals surface area contributed by atoms with Gasteiger partial charge >= 0.3 is 0 Å². The van der Waals surface area contributed by atoms with Crippen LogP contribution in [0.15, 0.2) is 57.9 Å². The Hall–Kier alpha value is -1.41. The first-order valence-electron chi connectivity index (χ1n) is 9.10. The van der Waals surface area contributed by atoms with E-state index in [0.717, 1.165) is 29.3 Å². The number of amides is 1. The predicted octanol–water partition coefficient (Wildman–Crippen LogP) is 4.60. The molecule has 0 saturated carbocycles. The highest BCUT2D eigenvalue weighted by molar-refractivity contribution is 9.10. The maximum atomic E-state index is 13.1. The van der Waals surface area contributed by atoms with Gasteiger partial charge in [0.1, 0.15) is 0 Å². The second kappa shape index (κ2) is 11.0. The van der Waals surface area contributed by atoms with Crippen molar-refractivity contribution in [1.29, 1.82) is 0 Å². The molecule has 152 valence electrons. The first-order chi connectivity index (χ1) is 13.3. The van der Waals surface area contributed by atoms with Crippen LogP contribution in [0.1, 0.15) is 31.7 Å². The Kier molecular flexibility index (Phi) is 8.95. The zero-order chi connectivity index (χ0) is 20.6. The molecule has 0 aliphatic carbocycles. The molecule has 0 aromatic heterocycles. The van der Waals surface area contributed by atoms with Crippen LogP contribution < -0.4 is 5.32 Å². The molecule has 2 rings (SSSR count). The second-order valence-corrected chi connectivity index (χ2v) is 9.70. The third-order valence-electron chi connectivity index (χ3n) is 4.15. The summed E-state index contributed by atoms with van der Waals surface area (Å²) in [5.41, 5.74) is 0.791. The largest absolute Gasteiger partial charge is 0.355 e. The molecule has 2 aromatic rings. The van der Waals surface area contributed by atoms with E-state index in [2.05, 4.69) is 28.2 Å². The molecule has 2 aromatic carbocycles. The van der Waals surface area contributed by atoms with Crippen LogP contribution in [-0.2, 0) is 21.4 Å². The van der Waals surface area contributed by atoms with E-state index in [1.54, 1.807) is 0 Å². The number of carbonyl (C=O) groups is 1. The van der Waals surface area contributed by atoms with Crippen molar-refractivity contribution in [3.8, 4) is 0 Å². The van der Waals surface area contributed by atoms with Gasteiger partial charge in [-0.3, -0.25) is 4.79 Å². The number of nitrogens with zero attached hydrogens (tertiary/aromatic N) is 1. The Bertz CT molecular complexity index is 871. The molecular weight excluding hydrogens is 464 g/mol. The van der Waals surface area contributed by atoms with Crippen molar-refractivity contribution >= 4 is 43.5 Å². The van der Waals surface area contributed by atoms with Crippen LogP contribution in [0.25, 0.3) is 0 Å². The van der Waals surface area contributed by atoms with E-state index < -0.39 is 10.0 Å². The van der Waals surface area contributed by atoms with E-state index in [4.69, 9.17) is 11.6 Å². The minimum absolute atomic E-state index is 0.0978. The van der Waals surface area contributed by atoms with Gasteiger partial charge in [-0.05, 0) is 48.4 Å². The van der Waals surface area contributed by atoms with E-state index >= 15 is 0 Å². The number of rotatable bonds is 10. The lowest BCUT2D eigenvalue weighted by Crippen LogP contribution is -2.40. The highest BCUT2D eigenvalue weighted by atomic mass is 79.9. The number of benzene rings is 2. The van der Waals surface area contributed by atoms with Crippen LogP contribution in [0.4, 0.5) is 0 Å². The highest BCUT2D eigenvalue weighted by Crippen LogP contribution is 2.21. The first kappa shape index (κ1) is 22.9. The van der Waals surface area contributed by atoms with Gasteiger partial charge in [0.25, 0.3) is 0 Å². The number of sulfonamides is 1. The lowest BCUT2D eigenvalue weighted by atomic mass is 10.2. The zero-order valence-electron chi connectivity index (χ0n) is 15.7. The second-order valence-electron chi connectivity index (χ2n) is 6.41. The zero-order valence-corrected chi connectivity index (χ0v) is 18.9. The normalized spacial score (nSPS) is 11.6. The molecule has 28 heavy (non-hydrogen) atoms. The highest BCUT2D eigenvalue weighted by Gasteiger charge is 2.26. The molecule has 0 aliphatic rings. The van der Waals surface area contributed by atoms with Crippen molar-refractivity contribution in [2.45, 2.75) is 37.6 Å². The summed E-state index contributed by atoms with van der Waals surface area (Å²) in [6.07, 6.45) is 2.95. The van der Waals surface area contributed by atoms with Gasteiger partial charge in [-0.1, -0.05) is 59.4 Å². The van der Waals surface area contributed by atoms with Gasteiger partial charge in [-0.2, -0.15) is 4.31 Å². The number of hydrogen-bond acceptors (Lipinski definition) is 3. The van der Waals surface area contributed by atoms with Crippen LogP contribution in [0.3, 0.4) is 0 Å². The van der Waals surface area contributed by atoms with Crippen LogP contribution >= 0.6 is 27.5 Å². The average molecular weight is 488 g/mol. The maximum absolute atomic E-state index is 13.1. The molecule has 0 bridgehead atoms. The topological polar surface area (TPSA) is 66.5 Å². The van der Waals surface area contributed by atoms with E-state index in [1.165, 1.54) is 28.6 Å². The smallest absolute Gasteiger partial charge is 0.243 e. The molecule has 0 atom stereocenters. The van der Waals surface area contributed by atoms with Crippen molar-refractivity contribution in [1.82, 2.24) is 9.62 Å². The Morgan fingerprint density at radius 3 is 2.32 bits per heavy atom.